The van der Waals surface area contributed by atoms with Crippen molar-refractivity contribution in [2.45, 2.75) is 6.54 Å². The summed E-state index contributed by atoms with van der Waals surface area (Å²) >= 11 is 0. The first-order valence-electron chi connectivity index (χ1n) is 6.20. The molecule has 2 aromatic rings. The third-order valence-corrected chi connectivity index (χ3v) is 2.85. The highest BCUT2D eigenvalue weighted by atomic mass is 16.4. The summed E-state index contributed by atoms with van der Waals surface area (Å²) in [6.07, 6.45) is 1.40. The highest BCUT2D eigenvalue weighted by molar-refractivity contribution is 6.04. The van der Waals surface area contributed by atoms with Crippen molar-refractivity contribution in [2.75, 3.05) is 5.32 Å². The molecule has 0 bridgehead atoms. The summed E-state index contributed by atoms with van der Waals surface area (Å²) in [5, 5.41) is 20.9. The summed E-state index contributed by atoms with van der Waals surface area (Å²) in [5.74, 6) is 0.220. The SMILES string of the molecule is Cn1ncc(/C(N)=N/O)c1NC(=O)NCc1ccccc1. The highest BCUT2D eigenvalue weighted by Crippen LogP contribution is 2.13. The molecule has 0 saturated heterocycles. The summed E-state index contributed by atoms with van der Waals surface area (Å²) in [6, 6.07) is 9.11. The molecule has 0 unspecified atom stereocenters. The number of benzene rings is 1. The zero-order valence-corrected chi connectivity index (χ0v) is 11.4. The third-order valence-electron chi connectivity index (χ3n) is 2.85. The molecule has 0 spiro atoms. The van der Waals surface area contributed by atoms with Crippen LogP contribution < -0.4 is 16.4 Å². The number of carbonyl (C=O) groups is 1. The summed E-state index contributed by atoms with van der Waals surface area (Å²) in [6.45, 7) is 0.392. The van der Waals surface area contributed by atoms with Gasteiger partial charge in [-0.25, -0.2) is 4.79 Å². The molecule has 2 rings (SSSR count). The van der Waals surface area contributed by atoms with Crippen molar-refractivity contribution >= 4 is 17.7 Å². The van der Waals surface area contributed by atoms with Crippen LogP contribution >= 0.6 is 0 Å². The van der Waals surface area contributed by atoms with Crippen LogP contribution in [0.25, 0.3) is 0 Å². The van der Waals surface area contributed by atoms with Crippen molar-refractivity contribution < 1.29 is 10.0 Å². The van der Waals surface area contributed by atoms with Crippen LogP contribution in [-0.4, -0.2) is 26.9 Å². The fraction of sp³-hybridized carbons (Fsp3) is 0.154. The van der Waals surface area contributed by atoms with Gasteiger partial charge in [0.05, 0.1) is 11.8 Å². The molecule has 110 valence electrons. The van der Waals surface area contributed by atoms with Crippen LogP contribution in [0.5, 0.6) is 0 Å². The summed E-state index contributed by atoms with van der Waals surface area (Å²) in [4.78, 5) is 11.9. The average molecular weight is 288 g/mol. The Kier molecular flexibility index (Phi) is 4.39. The van der Waals surface area contributed by atoms with Crippen LogP contribution in [0.4, 0.5) is 10.6 Å². The summed E-state index contributed by atoms with van der Waals surface area (Å²) in [7, 11) is 1.64. The van der Waals surface area contributed by atoms with E-state index in [9.17, 15) is 4.79 Å². The molecular weight excluding hydrogens is 272 g/mol. The molecule has 5 N–H and O–H groups in total. The number of nitrogens with two attached hydrogens (primary N) is 1. The first-order chi connectivity index (χ1) is 10.1. The molecule has 2 amide bonds. The van der Waals surface area contributed by atoms with Crippen molar-refractivity contribution in [1.29, 1.82) is 0 Å². The number of carbonyl (C=O) groups excluding carboxylic acids is 1. The van der Waals surface area contributed by atoms with Gasteiger partial charge in [0.2, 0.25) is 0 Å². The van der Waals surface area contributed by atoms with Gasteiger partial charge in [-0.3, -0.25) is 10.00 Å². The minimum absolute atomic E-state index is 0.124. The van der Waals surface area contributed by atoms with E-state index in [2.05, 4.69) is 20.9 Å². The van der Waals surface area contributed by atoms with Crippen molar-refractivity contribution in [3.8, 4) is 0 Å². The Labute approximate surface area is 121 Å². The molecule has 0 atom stereocenters. The fourth-order valence-corrected chi connectivity index (χ4v) is 1.76. The van der Waals surface area contributed by atoms with Gasteiger partial charge in [0.15, 0.2) is 5.84 Å². The molecule has 0 aliphatic rings. The van der Waals surface area contributed by atoms with Gasteiger partial charge in [0.25, 0.3) is 0 Å². The lowest BCUT2D eigenvalue weighted by atomic mass is 10.2. The Morgan fingerprint density at radius 1 is 1.43 bits per heavy atom. The van der Waals surface area contributed by atoms with E-state index in [1.165, 1.54) is 10.9 Å². The van der Waals surface area contributed by atoms with Crippen molar-refractivity contribution in [2.24, 2.45) is 17.9 Å². The van der Waals surface area contributed by atoms with Gasteiger partial charge in [0, 0.05) is 13.6 Å². The Hall–Kier alpha value is -3.03. The topological polar surface area (TPSA) is 118 Å². The number of aryl methyl sites for hydroxylation is 1. The molecule has 0 fully saturated rings. The highest BCUT2D eigenvalue weighted by Gasteiger charge is 2.14. The number of hydrogen-bond acceptors (Lipinski definition) is 4. The van der Waals surface area contributed by atoms with Crippen LogP contribution in [0, 0.1) is 0 Å². The van der Waals surface area contributed by atoms with Gasteiger partial charge in [0.1, 0.15) is 5.82 Å². The monoisotopic (exact) mass is 288 g/mol. The second-order valence-corrected chi connectivity index (χ2v) is 4.31. The minimum Gasteiger partial charge on any atom is -0.409 e. The summed E-state index contributed by atoms with van der Waals surface area (Å²) in [5.41, 5.74) is 6.85. The van der Waals surface area contributed by atoms with E-state index in [0.717, 1.165) is 5.56 Å². The van der Waals surface area contributed by atoms with Gasteiger partial charge in [-0.2, -0.15) is 5.10 Å². The van der Waals surface area contributed by atoms with E-state index in [-0.39, 0.29) is 5.84 Å². The molecule has 0 aliphatic carbocycles. The van der Waals surface area contributed by atoms with E-state index < -0.39 is 6.03 Å². The molecule has 0 radical (unpaired) electrons. The smallest absolute Gasteiger partial charge is 0.320 e. The second kappa shape index (κ2) is 6.42. The molecule has 8 heteroatoms. The van der Waals surface area contributed by atoms with E-state index in [4.69, 9.17) is 10.9 Å². The number of nitrogens with zero attached hydrogens (tertiary/aromatic N) is 3. The standard InChI is InChI=1S/C13H16N6O2/c1-19-12(10(8-16-19)11(14)18-21)17-13(20)15-7-9-5-3-2-4-6-9/h2-6,8,21H,7H2,1H3,(H2,14,18)(H2,15,17,20). The van der Waals surface area contributed by atoms with Crippen molar-refractivity contribution in [1.82, 2.24) is 15.1 Å². The second-order valence-electron chi connectivity index (χ2n) is 4.31. The Bertz CT molecular complexity index is 650. The number of amides is 2. The van der Waals surface area contributed by atoms with Crippen LogP contribution in [0.3, 0.4) is 0 Å². The molecule has 0 saturated carbocycles. The Balaban J connectivity index is 2.02. The van der Waals surface area contributed by atoms with E-state index in [0.29, 0.717) is 17.9 Å². The molecular formula is C13H16N6O2. The third kappa shape index (κ3) is 3.50. The number of amidine groups is 1. The Morgan fingerprint density at radius 3 is 2.81 bits per heavy atom. The molecule has 0 aliphatic heterocycles. The van der Waals surface area contributed by atoms with E-state index >= 15 is 0 Å². The quantitative estimate of drug-likeness (QED) is 0.288. The number of rotatable bonds is 4. The first kappa shape index (κ1) is 14.4. The number of nitrogens with one attached hydrogen (secondary N) is 2. The number of hydrogen-bond donors (Lipinski definition) is 4. The maximum absolute atomic E-state index is 11.9. The van der Waals surface area contributed by atoms with E-state index in [1.807, 2.05) is 30.3 Å². The number of oxime groups is 1. The lowest BCUT2D eigenvalue weighted by Gasteiger charge is -2.09. The maximum Gasteiger partial charge on any atom is 0.320 e. The number of aromatic nitrogens is 2. The predicted octanol–water partition coefficient (Wildman–Crippen LogP) is 0.836. The average Bonchev–Trinajstić information content (AvgIpc) is 2.86. The first-order valence-corrected chi connectivity index (χ1v) is 6.20. The summed E-state index contributed by atoms with van der Waals surface area (Å²) < 4.78 is 1.43. The zero-order chi connectivity index (χ0) is 15.2. The normalized spacial score (nSPS) is 11.2. The Morgan fingerprint density at radius 2 is 2.14 bits per heavy atom. The van der Waals surface area contributed by atoms with Gasteiger partial charge in [-0.1, -0.05) is 35.5 Å². The predicted molar refractivity (Wildman–Crippen MR) is 78.0 cm³/mol. The van der Waals surface area contributed by atoms with Gasteiger partial charge >= 0.3 is 6.03 Å². The molecule has 1 aromatic heterocycles. The van der Waals surface area contributed by atoms with Gasteiger partial charge in [-0.15, -0.1) is 0 Å². The zero-order valence-electron chi connectivity index (χ0n) is 11.4. The van der Waals surface area contributed by atoms with Crippen LogP contribution in [-0.2, 0) is 13.6 Å². The number of urea groups is 1. The number of anilines is 1. The molecule has 1 heterocycles. The minimum atomic E-state index is -0.408. The lowest BCUT2D eigenvalue weighted by Crippen LogP contribution is -2.30. The largest absolute Gasteiger partial charge is 0.409 e. The van der Waals surface area contributed by atoms with E-state index in [1.54, 1.807) is 7.05 Å². The molecule has 21 heavy (non-hydrogen) atoms. The lowest BCUT2D eigenvalue weighted by molar-refractivity contribution is 0.251. The van der Waals surface area contributed by atoms with Crippen LogP contribution in [0.15, 0.2) is 41.7 Å². The molecule has 8 nitrogen and oxygen atoms in total. The fourth-order valence-electron chi connectivity index (χ4n) is 1.76. The van der Waals surface area contributed by atoms with Gasteiger partial charge < -0.3 is 16.3 Å². The van der Waals surface area contributed by atoms with Gasteiger partial charge in [-0.05, 0) is 5.56 Å². The van der Waals surface area contributed by atoms with Crippen LogP contribution in [0.2, 0.25) is 0 Å². The van der Waals surface area contributed by atoms with Crippen LogP contribution in [0.1, 0.15) is 11.1 Å². The molecule has 1 aromatic carbocycles. The maximum atomic E-state index is 11.9. The van der Waals surface area contributed by atoms with Crippen molar-refractivity contribution in [3.63, 3.8) is 0 Å². The van der Waals surface area contributed by atoms with Crippen molar-refractivity contribution in [3.05, 3.63) is 47.7 Å².